The van der Waals surface area contributed by atoms with Gasteiger partial charge in [0.2, 0.25) is 11.8 Å². The van der Waals surface area contributed by atoms with Gasteiger partial charge in [0.15, 0.2) is 0 Å². The number of rotatable bonds is 5. The molecule has 0 saturated carbocycles. The first kappa shape index (κ1) is 14.9. The molecule has 1 atom stereocenters. The first-order valence-corrected chi connectivity index (χ1v) is 6.42. The zero-order valence-electron chi connectivity index (χ0n) is 11.3. The van der Waals surface area contributed by atoms with E-state index in [2.05, 4.69) is 17.3 Å². The molecular weight excluding hydrogens is 232 g/mol. The number of amides is 2. The zero-order chi connectivity index (χ0) is 13.5. The molecule has 18 heavy (non-hydrogen) atoms. The van der Waals surface area contributed by atoms with Gasteiger partial charge in [-0.25, -0.2) is 0 Å². The first-order chi connectivity index (χ1) is 8.52. The summed E-state index contributed by atoms with van der Waals surface area (Å²) in [5.41, 5.74) is 5.16. The third-order valence-electron chi connectivity index (χ3n) is 3.30. The highest BCUT2D eigenvalue weighted by molar-refractivity contribution is 5.85. The normalized spacial score (nSPS) is 20.5. The Kier molecular flexibility index (Phi) is 6.07. The second kappa shape index (κ2) is 7.33. The third-order valence-corrected chi connectivity index (χ3v) is 3.30. The summed E-state index contributed by atoms with van der Waals surface area (Å²) >= 11 is 0. The van der Waals surface area contributed by atoms with Crippen molar-refractivity contribution in [3.05, 3.63) is 0 Å². The molecule has 6 heteroatoms. The van der Waals surface area contributed by atoms with Gasteiger partial charge in [-0.3, -0.25) is 9.59 Å². The highest BCUT2D eigenvalue weighted by Crippen LogP contribution is 2.15. The number of nitrogens with one attached hydrogen (secondary N) is 1. The predicted octanol–water partition coefficient (Wildman–Crippen LogP) is -1.14. The second-order valence-corrected chi connectivity index (χ2v) is 5.03. The minimum absolute atomic E-state index is 0.0368. The predicted molar refractivity (Wildman–Crippen MR) is 69.9 cm³/mol. The maximum absolute atomic E-state index is 11.8. The van der Waals surface area contributed by atoms with Crippen LogP contribution in [0, 0.1) is 5.92 Å². The van der Waals surface area contributed by atoms with Gasteiger partial charge in [0, 0.05) is 20.1 Å². The number of nitrogens with zero attached hydrogens (tertiary/aromatic N) is 2. The Morgan fingerprint density at radius 3 is 2.83 bits per heavy atom. The molecule has 1 rings (SSSR count). The summed E-state index contributed by atoms with van der Waals surface area (Å²) < 4.78 is 0. The van der Waals surface area contributed by atoms with E-state index >= 15 is 0 Å². The summed E-state index contributed by atoms with van der Waals surface area (Å²) in [7, 11) is 3.89. The van der Waals surface area contributed by atoms with Gasteiger partial charge in [0.05, 0.1) is 13.1 Å². The first-order valence-electron chi connectivity index (χ1n) is 6.42. The molecule has 0 aromatic rings. The Hall–Kier alpha value is -1.14. The number of piperidine rings is 1. The fourth-order valence-corrected chi connectivity index (χ4v) is 2.29. The van der Waals surface area contributed by atoms with Crippen LogP contribution in [0.3, 0.4) is 0 Å². The SMILES string of the molecule is CN1CCCC(CN(C)C(=O)CNC(=O)CN)C1. The number of carbonyl (C=O) groups is 2. The standard InChI is InChI=1S/C12H24N4O2/c1-15-5-3-4-10(8-15)9-16(2)12(18)7-14-11(17)6-13/h10H,3-9,13H2,1-2H3,(H,14,17). The number of nitrogens with two attached hydrogens (primary N) is 1. The van der Waals surface area contributed by atoms with Crippen LogP contribution in [0.15, 0.2) is 0 Å². The fraction of sp³-hybridized carbons (Fsp3) is 0.833. The van der Waals surface area contributed by atoms with E-state index in [0.717, 1.165) is 26.1 Å². The molecule has 0 bridgehead atoms. The largest absolute Gasteiger partial charge is 0.346 e. The maximum Gasteiger partial charge on any atom is 0.241 e. The van der Waals surface area contributed by atoms with Gasteiger partial charge in [-0.05, 0) is 32.4 Å². The zero-order valence-corrected chi connectivity index (χ0v) is 11.3. The van der Waals surface area contributed by atoms with E-state index in [1.54, 1.807) is 11.9 Å². The lowest BCUT2D eigenvalue weighted by atomic mass is 9.98. The number of hydrogen-bond acceptors (Lipinski definition) is 4. The Morgan fingerprint density at radius 2 is 2.22 bits per heavy atom. The molecule has 1 aliphatic heterocycles. The van der Waals surface area contributed by atoms with Crippen LogP contribution in [0.4, 0.5) is 0 Å². The minimum atomic E-state index is -0.297. The van der Waals surface area contributed by atoms with Crippen LogP contribution in [-0.4, -0.2) is 68.4 Å². The molecule has 0 spiro atoms. The number of likely N-dealkylation sites (tertiary alicyclic amines) is 1. The Balaban J connectivity index is 2.28. The van der Waals surface area contributed by atoms with E-state index in [1.807, 2.05) is 0 Å². The topological polar surface area (TPSA) is 78.7 Å². The van der Waals surface area contributed by atoms with Crippen molar-refractivity contribution in [1.82, 2.24) is 15.1 Å². The molecule has 1 unspecified atom stereocenters. The molecular formula is C12H24N4O2. The third kappa shape index (κ3) is 5.01. The Morgan fingerprint density at radius 1 is 1.50 bits per heavy atom. The summed E-state index contributed by atoms with van der Waals surface area (Å²) in [6.07, 6.45) is 2.35. The van der Waals surface area contributed by atoms with Gasteiger partial charge in [-0.15, -0.1) is 0 Å². The lowest BCUT2D eigenvalue weighted by Crippen LogP contribution is -2.44. The molecule has 1 heterocycles. The lowest BCUT2D eigenvalue weighted by molar-refractivity contribution is -0.132. The van der Waals surface area contributed by atoms with Gasteiger partial charge in [-0.1, -0.05) is 0 Å². The van der Waals surface area contributed by atoms with Crippen LogP contribution < -0.4 is 11.1 Å². The van der Waals surface area contributed by atoms with Gasteiger partial charge in [0.1, 0.15) is 0 Å². The number of hydrogen-bond donors (Lipinski definition) is 2. The summed E-state index contributed by atoms with van der Waals surface area (Å²) in [6, 6.07) is 0. The van der Waals surface area contributed by atoms with E-state index in [1.165, 1.54) is 6.42 Å². The van der Waals surface area contributed by atoms with Crippen molar-refractivity contribution in [3.8, 4) is 0 Å². The van der Waals surface area contributed by atoms with Crippen molar-refractivity contribution in [1.29, 1.82) is 0 Å². The van der Waals surface area contributed by atoms with E-state index in [0.29, 0.717) is 5.92 Å². The average molecular weight is 256 g/mol. The van der Waals surface area contributed by atoms with Crippen LogP contribution in [0.5, 0.6) is 0 Å². The van der Waals surface area contributed by atoms with Crippen LogP contribution in [-0.2, 0) is 9.59 Å². The fourth-order valence-electron chi connectivity index (χ4n) is 2.29. The quantitative estimate of drug-likeness (QED) is 0.652. The number of likely N-dealkylation sites (N-methyl/N-ethyl adjacent to an activating group) is 1. The summed E-state index contributed by atoms with van der Waals surface area (Å²) in [5.74, 6) is 0.169. The van der Waals surface area contributed by atoms with Crippen LogP contribution in [0.25, 0.3) is 0 Å². The van der Waals surface area contributed by atoms with Crippen molar-refractivity contribution < 1.29 is 9.59 Å². The van der Waals surface area contributed by atoms with Crippen LogP contribution in [0.2, 0.25) is 0 Å². The molecule has 0 aliphatic carbocycles. The van der Waals surface area contributed by atoms with Gasteiger partial charge < -0.3 is 20.9 Å². The highest BCUT2D eigenvalue weighted by Gasteiger charge is 2.20. The smallest absolute Gasteiger partial charge is 0.241 e. The van der Waals surface area contributed by atoms with Gasteiger partial charge in [-0.2, -0.15) is 0 Å². The number of carbonyl (C=O) groups excluding carboxylic acids is 2. The Labute approximate surface area is 108 Å². The second-order valence-electron chi connectivity index (χ2n) is 5.03. The molecule has 104 valence electrons. The molecule has 3 N–H and O–H groups in total. The molecule has 0 aromatic carbocycles. The van der Waals surface area contributed by atoms with Crippen molar-refractivity contribution in [2.45, 2.75) is 12.8 Å². The van der Waals surface area contributed by atoms with Crippen molar-refractivity contribution >= 4 is 11.8 Å². The van der Waals surface area contributed by atoms with E-state index in [9.17, 15) is 9.59 Å². The van der Waals surface area contributed by atoms with Gasteiger partial charge >= 0.3 is 0 Å². The lowest BCUT2D eigenvalue weighted by Gasteiger charge is -2.32. The Bertz CT molecular complexity index is 296. The molecule has 0 radical (unpaired) electrons. The molecule has 1 aliphatic rings. The van der Waals surface area contributed by atoms with E-state index < -0.39 is 0 Å². The molecule has 1 saturated heterocycles. The molecule has 1 fully saturated rings. The summed E-state index contributed by atoms with van der Waals surface area (Å²) in [6.45, 7) is 2.88. The van der Waals surface area contributed by atoms with Crippen LogP contribution in [0.1, 0.15) is 12.8 Å². The average Bonchev–Trinajstić information content (AvgIpc) is 2.35. The van der Waals surface area contributed by atoms with Gasteiger partial charge in [0.25, 0.3) is 0 Å². The van der Waals surface area contributed by atoms with Crippen molar-refractivity contribution in [2.75, 3.05) is 46.8 Å². The monoisotopic (exact) mass is 256 g/mol. The van der Waals surface area contributed by atoms with Crippen LogP contribution >= 0.6 is 0 Å². The van der Waals surface area contributed by atoms with Crippen molar-refractivity contribution in [3.63, 3.8) is 0 Å². The highest BCUT2D eigenvalue weighted by atomic mass is 16.2. The van der Waals surface area contributed by atoms with E-state index in [4.69, 9.17) is 5.73 Å². The molecule has 2 amide bonds. The van der Waals surface area contributed by atoms with E-state index in [-0.39, 0.29) is 24.9 Å². The summed E-state index contributed by atoms with van der Waals surface area (Å²) in [4.78, 5) is 26.7. The molecule has 6 nitrogen and oxygen atoms in total. The molecule has 0 aromatic heterocycles. The minimum Gasteiger partial charge on any atom is -0.346 e. The van der Waals surface area contributed by atoms with Crippen molar-refractivity contribution in [2.24, 2.45) is 11.7 Å². The summed E-state index contributed by atoms with van der Waals surface area (Å²) in [5, 5.41) is 2.49. The maximum atomic E-state index is 11.8.